The lowest BCUT2D eigenvalue weighted by atomic mass is 10.1. The first kappa shape index (κ1) is 11.9. The van der Waals surface area contributed by atoms with Gasteiger partial charge in [0, 0.05) is 31.9 Å². The quantitative estimate of drug-likeness (QED) is 0.859. The average Bonchev–Trinajstić information content (AvgIpc) is 2.60. The van der Waals surface area contributed by atoms with Crippen LogP contribution in [0.4, 0.5) is 10.5 Å². The second-order valence-electron chi connectivity index (χ2n) is 4.70. The number of rotatable bonds is 3. The molecule has 4 heteroatoms. The topological polar surface area (TPSA) is 49.6 Å². The number of nitrogens with zero attached hydrogens (tertiary/aromatic N) is 2. The highest BCUT2D eigenvalue weighted by atomic mass is 16.2. The summed E-state index contributed by atoms with van der Waals surface area (Å²) in [7, 11) is 1.83. The first-order valence-electron chi connectivity index (χ1n) is 5.95. The number of hydrogen-bond acceptors (Lipinski definition) is 2. The summed E-state index contributed by atoms with van der Waals surface area (Å²) in [4.78, 5) is 15.3. The molecule has 1 aromatic rings. The third-order valence-corrected chi connectivity index (χ3v) is 3.02. The highest BCUT2D eigenvalue weighted by molar-refractivity contribution is 5.93. The standard InChI is InChI=1S/C13H19N3O/c1-10(14)9-11-3-5-12(6-4-11)16-8-7-15(2)13(16)17/h3-6,10H,7-9,14H2,1-2H3. The van der Waals surface area contributed by atoms with Gasteiger partial charge in [-0.3, -0.25) is 4.90 Å². The van der Waals surface area contributed by atoms with Gasteiger partial charge in [0.25, 0.3) is 0 Å². The normalized spacial score (nSPS) is 17.7. The molecule has 0 bridgehead atoms. The molecule has 4 nitrogen and oxygen atoms in total. The summed E-state index contributed by atoms with van der Waals surface area (Å²) in [6, 6.07) is 8.32. The molecule has 0 saturated carbocycles. The van der Waals surface area contributed by atoms with Crippen molar-refractivity contribution < 1.29 is 4.79 Å². The molecule has 0 aromatic heterocycles. The molecule has 1 aromatic carbocycles. The Balaban J connectivity index is 2.10. The van der Waals surface area contributed by atoms with Gasteiger partial charge in [-0.15, -0.1) is 0 Å². The highest BCUT2D eigenvalue weighted by Crippen LogP contribution is 2.20. The molecule has 2 amide bonds. The fraction of sp³-hybridized carbons (Fsp3) is 0.462. The molecule has 1 atom stereocenters. The molecule has 2 N–H and O–H groups in total. The van der Waals surface area contributed by atoms with Crippen molar-refractivity contribution in [3.05, 3.63) is 29.8 Å². The Labute approximate surface area is 102 Å². The maximum Gasteiger partial charge on any atom is 0.324 e. The van der Waals surface area contributed by atoms with Gasteiger partial charge < -0.3 is 10.6 Å². The van der Waals surface area contributed by atoms with Crippen LogP contribution in [-0.2, 0) is 6.42 Å². The number of amides is 2. The molecule has 1 fully saturated rings. The van der Waals surface area contributed by atoms with Gasteiger partial charge >= 0.3 is 6.03 Å². The number of urea groups is 1. The maximum atomic E-state index is 11.8. The summed E-state index contributed by atoms with van der Waals surface area (Å²) < 4.78 is 0. The number of carbonyl (C=O) groups is 1. The summed E-state index contributed by atoms with van der Waals surface area (Å²) in [5.41, 5.74) is 7.93. The Morgan fingerprint density at radius 2 is 1.94 bits per heavy atom. The molecule has 1 saturated heterocycles. The van der Waals surface area contributed by atoms with Crippen molar-refractivity contribution in [1.29, 1.82) is 0 Å². The molecule has 0 aliphatic carbocycles. The van der Waals surface area contributed by atoms with Crippen LogP contribution in [0, 0.1) is 0 Å². The van der Waals surface area contributed by atoms with Gasteiger partial charge in [-0.05, 0) is 31.0 Å². The van der Waals surface area contributed by atoms with Crippen LogP contribution in [0.2, 0.25) is 0 Å². The van der Waals surface area contributed by atoms with Gasteiger partial charge in [-0.2, -0.15) is 0 Å². The Kier molecular flexibility index (Phi) is 3.33. The van der Waals surface area contributed by atoms with Crippen LogP contribution >= 0.6 is 0 Å². The predicted octanol–water partition coefficient (Wildman–Crippen LogP) is 1.45. The minimum absolute atomic E-state index is 0.0740. The highest BCUT2D eigenvalue weighted by Gasteiger charge is 2.26. The van der Waals surface area contributed by atoms with Crippen molar-refractivity contribution in [3.8, 4) is 0 Å². The van der Waals surface area contributed by atoms with Crippen molar-refractivity contribution in [2.45, 2.75) is 19.4 Å². The van der Waals surface area contributed by atoms with Crippen LogP contribution in [0.1, 0.15) is 12.5 Å². The fourth-order valence-electron chi connectivity index (χ4n) is 2.07. The third kappa shape index (κ3) is 2.58. The van der Waals surface area contributed by atoms with Gasteiger partial charge in [-0.1, -0.05) is 12.1 Å². The van der Waals surface area contributed by atoms with Crippen LogP contribution < -0.4 is 10.6 Å². The van der Waals surface area contributed by atoms with Crippen molar-refractivity contribution in [2.24, 2.45) is 5.73 Å². The Bertz CT molecular complexity index is 400. The molecule has 1 heterocycles. The molecule has 92 valence electrons. The van der Waals surface area contributed by atoms with Crippen molar-refractivity contribution >= 4 is 11.7 Å². The molecular formula is C13H19N3O. The van der Waals surface area contributed by atoms with Crippen molar-refractivity contribution in [1.82, 2.24) is 4.90 Å². The van der Waals surface area contributed by atoms with Crippen LogP contribution in [-0.4, -0.2) is 37.1 Å². The van der Waals surface area contributed by atoms with E-state index in [0.29, 0.717) is 0 Å². The Morgan fingerprint density at radius 3 is 2.41 bits per heavy atom. The number of carbonyl (C=O) groups excluding carboxylic acids is 1. The molecule has 1 aliphatic heterocycles. The van der Waals surface area contributed by atoms with E-state index in [1.807, 2.05) is 38.2 Å². The second kappa shape index (κ2) is 4.75. The zero-order chi connectivity index (χ0) is 12.4. The second-order valence-corrected chi connectivity index (χ2v) is 4.70. The SMILES string of the molecule is CC(N)Cc1ccc(N2CCN(C)C2=O)cc1. The fourth-order valence-corrected chi connectivity index (χ4v) is 2.07. The number of benzene rings is 1. The summed E-state index contributed by atoms with van der Waals surface area (Å²) >= 11 is 0. The van der Waals surface area contributed by atoms with Gasteiger partial charge in [0.15, 0.2) is 0 Å². The van der Waals surface area contributed by atoms with Crippen LogP contribution in [0.25, 0.3) is 0 Å². The van der Waals surface area contributed by atoms with Gasteiger partial charge in [0.05, 0.1) is 0 Å². The van der Waals surface area contributed by atoms with Crippen LogP contribution in [0.5, 0.6) is 0 Å². The van der Waals surface area contributed by atoms with Crippen molar-refractivity contribution in [3.63, 3.8) is 0 Å². The summed E-state index contributed by atoms with van der Waals surface area (Å²) in [5, 5.41) is 0. The Morgan fingerprint density at radius 1 is 1.29 bits per heavy atom. The summed E-state index contributed by atoms with van der Waals surface area (Å²) in [5.74, 6) is 0. The van der Waals surface area contributed by atoms with E-state index in [2.05, 4.69) is 0 Å². The van der Waals surface area contributed by atoms with E-state index in [4.69, 9.17) is 5.73 Å². The zero-order valence-electron chi connectivity index (χ0n) is 10.4. The third-order valence-electron chi connectivity index (χ3n) is 3.02. The monoisotopic (exact) mass is 233 g/mol. The lowest BCUT2D eigenvalue weighted by Crippen LogP contribution is -2.29. The molecule has 2 rings (SSSR count). The summed E-state index contributed by atoms with van der Waals surface area (Å²) in [6.45, 7) is 3.55. The molecule has 0 spiro atoms. The van der Waals surface area contributed by atoms with E-state index < -0.39 is 0 Å². The number of hydrogen-bond donors (Lipinski definition) is 1. The van der Waals surface area contributed by atoms with Gasteiger partial charge in [-0.25, -0.2) is 4.79 Å². The van der Waals surface area contributed by atoms with E-state index in [-0.39, 0.29) is 12.1 Å². The lowest BCUT2D eigenvalue weighted by molar-refractivity contribution is 0.229. The minimum atomic E-state index is 0.0740. The molecule has 0 radical (unpaired) electrons. The maximum absolute atomic E-state index is 11.8. The number of anilines is 1. The first-order valence-corrected chi connectivity index (χ1v) is 5.95. The smallest absolute Gasteiger partial charge is 0.324 e. The molecule has 17 heavy (non-hydrogen) atoms. The van der Waals surface area contributed by atoms with Crippen LogP contribution in [0.15, 0.2) is 24.3 Å². The number of likely N-dealkylation sites (N-methyl/N-ethyl adjacent to an activating group) is 1. The van der Waals surface area contributed by atoms with Gasteiger partial charge in [0.1, 0.15) is 0 Å². The molecule has 1 aliphatic rings. The zero-order valence-corrected chi connectivity index (χ0v) is 10.4. The van der Waals surface area contributed by atoms with E-state index in [9.17, 15) is 4.79 Å². The van der Waals surface area contributed by atoms with E-state index in [1.165, 1.54) is 5.56 Å². The van der Waals surface area contributed by atoms with E-state index in [1.54, 1.807) is 9.80 Å². The van der Waals surface area contributed by atoms with Gasteiger partial charge in [0.2, 0.25) is 0 Å². The molecular weight excluding hydrogens is 214 g/mol. The largest absolute Gasteiger partial charge is 0.328 e. The van der Waals surface area contributed by atoms with E-state index in [0.717, 1.165) is 25.2 Å². The number of nitrogens with two attached hydrogens (primary N) is 1. The lowest BCUT2D eigenvalue weighted by Gasteiger charge is -2.16. The summed E-state index contributed by atoms with van der Waals surface area (Å²) in [6.07, 6.45) is 0.869. The minimum Gasteiger partial charge on any atom is -0.328 e. The van der Waals surface area contributed by atoms with Crippen LogP contribution in [0.3, 0.4) is 0 Å². The first-order chi connectivity index (χ1) is 8.08. The predicted molar refractivity (Wildman–Crippen MR) is 69.2 cm³/mol. The van der Waals surface area contributed by atoms with E-state index >= 15 is 0 Å². The Hall–Kier alpha value is -1.55. The van der Waals surface area contributed by atoms with Crippen molar-refractivity contribution in [2.75, 3.05) is 25.0 Å². The average molecular weight is 233 g/mol. The molecule has 1 unspecified atom stereocenters.